The quantitative estimate of drug-likeness (QED) is 0.584. The number of anilines is 1. The summed E-state index contributed by atoms with van der Waals surface area (Å²) in [5, 5.41) is 5.14. The Morgan fingerprint density at radius 1 is 1.07 bits per heavy atom. The van der Waals surface area contributed by atoms with Crippen LogP contribution in [0.3, 0.4) is 0 Å². The van der Waals surface area contributed by atoms with Crippen LogP contribution in [0.1, 0.15) is 31.0 Å². The number of hydrogen-bond acceptors (Lipinski definition) is 2. The molecule has 0 aliphatic carbocycles. The minimum atomic E-state index is 0.0377. The first-order valence-electron chi connectivity index (χ1n) is 10.9. The van der Waals surface area contributed by atoms with E-state index in [9.17, 15) is 9.59 Å². The topological polar surface area (TPSA) is 70.5 Å². The fraction of sp³-hybridized carbons (Fsp3) is 0.417. The second-order valence-electron chi connectivity index (χ2n) is 8.01. The van der Waals surface area contributed by atoms with Crippen LogP contribution in [0, 0.1) is 0 Å². The SMILES string of the molecule is CCc1ccccc1NC(=O)C[NH+]1CCN(C(=O)C[NH2+][C@@H](C)c2ccccc2)CC1. The average Bonchev–Trinajstić information content (AvgIpc) is 2.78. The highest BCUT2D eigenvalue weighted by Gasteiger charge is 2.26. The molecule has 1 saturated heterocycles. The number of nitrogens with one attached hydrogen (secondary N) is 2. The monoisotopic (exact) mass is 410 g/mol. The highest BCUT2D eigenvalue weighted by atomic mass is 16.2. The van der Waals surface area contributed by atoms with Gasteiger partial charge >= 0.3 is 0 Å². The van der Waals surface area contributed by atoms with Crippen molar-refractivity contribution in [3.05, 3.63) is 65.7 Å². The Kier molecular flexibility index (Phi) is 7.99. The number of piperazine rings is 1. The summed E-state index contributed by atoms with van der Waals surface area (Å²) in [6.45, 7) is 8.15. The summed E-state index contributed by atoms with van der Waals surface area (Å²) in [6.07, 6.45) is 0.893. The molecule has 0 aromatic heterocycles. The normalized spacial score (nSPS) is 15.6. The van der Waals surface area contributed by atoms with Gasteiger partial charge in [0.25, 0.3) is 11.8 Å². The molecule has 1 aliphatic rings. The molecule has 160 valence electrons. The summed E-state index contributed by atoms with van der Waals surface area (Å²) in [5.41, 5.74) is 3.29. The molecule has 30 heavy (non-hydrogen) atoms. The summed E-state index contributed by atoms with van der Waals surface area (Å²) in [7, 11) is 0. The molecule has 1 aliphatic heterocycles. The molecule has 2 aromatic rings. The zero-order valence-electron chi connectivity index (χ0n) is 18.1. The van der Waals surface area contributed by atoms with Crippen LogP contribution in [-0.2, 0) is 16.0 Å². The van der Waals surface area contributed by atoms with E-state index in [-0.39, 0.29) is 17.9 Å². The van der Waals surface area contributed by atoms with Crippen molar-refractivity contribution in [2.45, 2.75) is 26.3 Å². The average molecular weight is 411 g/mol. The fourth-order valence-electron chi connectivity index (χ4n) is 3.92. The van der Waals surface area contributed by atoms with Crippen LogP contribution < -0.4 is 15.5 Å². The van der Waals surface area contributed by atoms with Crippen LogP contribution in [0.25, 0.3) is 0 Å². The van der Waals surface area contributed by atoms with E-state index in [2.05, 4.69) is 36.6 Å². The minimum Gasteiger partial charge on any atom is -0.333 e. The van der Waals surface area contributed by atoms with Crippen LogP contribution in [-0.4, -0.2) is 56.0 Å². The predicted molar refractivity (Wildman–Crippen MR) is 118 cm³/mol. The summed E-state index contributed by atoms with van der Waals surface area (Å²) >= 11 is 0. The van der Waals surface area contributed by atoms with Gasteiger partial charge in [0.15, 0.2) is 13.1 Å². The number of rotatable bonds is 8. The lowest BCUT2D eigenvalue weighted by molar-refractivity contribution is -0.895. The Labute approximate surface area is 179 Å². The summed E-state index contributed by atoms with van der Waals surface area (Å²) in [4.78, 5) is 28.2. The molecule has 1 heterocycles. The predicted octanol–water partition coefficient (Wildman–Crippen LogP) is 0.239. The van der Waals surface area contributed by atoms with Crippen molar-refractivity contribution < 1.29 is 19.8 Å². The summed E-state index contributed by atoms with van der Waals surface area (Å²) < 4.78 is 0. The Hall–Kier alpha value is -2.70. The number of hydrogen-bond donors (Lipinski definition) is 3. The van der Waals surface area contributed by atoms with Gasteiger partial charge in [-0.05, 0) is 25.0 Å². The number of amides is 2. The van der Waals surface area contributed by atoms with Crippen molar-refractivity contribution >= 4 is 17.5 Å². The van der Waals surface area contributed by atoms with Gasteiger partial charge in [0.2, 0.25) is 0 Å². The van der Waals surface area contributed by atoms with E-state index in [1.165, 1.54) is 10.5 Å². The maximum absolute atomic E-state index is 12.6. The lowest BCUT2D eigenvalue weighted by Crippen LogP contribution is -3.15. The first kappa shape index (κ1) is 22.0. The third kappa shape index (κ3) is 6.15. The molecule has 3 rings (SSSR count). The Balaban J connectivity index is 1.40. The van der Waals surface area contributed by atoms with Crippen LogP contribution in [0.15, 0.2) is 54.6 Å². The van der Waals surface area contributed by atoms with Gasteiger partial charge in [-0.25, -0.2) is 0 Å². The van der Waals surface area contributed by atoms with E-state index in [0.29, 0.717) is 26.2 Å². The van der Waals surface area contributed by atoms with Crippen LogP contribution in [0.4, 0.5) is 5.69 Å². The molecule has 0 radical (unpaired) electrons. The van der Waals surface area contributed by atoms with Crippen molar-refractivity contribution in [1.82, 2.24) is 4.90 Å². The highest BCUT2D eigenvalue weighted by Crippen LogP contribution is 2.14. The Morgan fingerprint density at radius 3 is 2.43 bits per heavy atom. The van der Waals surface area contributed by atoms with E-state index < -0.39 is 0 Å². The van der Waals surface area contributed by atoms with Crippen molar-refractivity contribution in [2.24, 2.45) is 0 Å². The molecular formula is C24H34N4O2+2. The van der Waals surface area contributed by atoms with Crippen LogP contribution in [0.2, 0.25) is 0 Å². The molecule has 1 fully saturated rings. The van der Waals surface area contributed by atoms with Gasteiger partial charge in [0.1, 0.15) is 6.04 Å². The van der Waals surface area contributed by atoms with Gasteiger partial charge < -0.3 is 20.4 Å². The van der Waals surface area contributed by atoms with Crippen LogP contribution in [0.5, 0.6) is 0 Å². The molecule has 0 spiro atoms. The molecule has 6 nitrogen and oxygen atoms in total. The molecule has 2 amide bonds. The van der Waals surface area contributed by atoms with Gasteiger partial charge in [-0.15, -0.1) is 0 Å². The van der Waals surface area contributed by atoms with Gasteiger partial charge in [-0.1, -0.05) is 55.5 Å². The van der Waals surface area contributed by atoms with Crippen LogP contribution >= 0.6 is 0 Å². The van der Waals surface area contributed by atoms with Crippen molar-refractivity contribution in [1.29, 1.82) is 0 Å². The second kappa shape index (κ2) is 10.9. The zero-order chi connectivity index (χ0) is 21.3. The fourth-order valence-corrected chi connectivity index (χ4v) is 3.92. The largest absolute Gasteiger partial charge is 0.333 e. The molecule has 0 bridgehead atoms. The molecule has 6 heteroatoms. The van der Waals surface area contributed by atoms with E-state index in [1.54, 1.807) is 0 Å². The van der Waals surface area contributed by atoms with E-state index in [1.807, 2.05) is 47.4 Å². The van der Waals surface area contributed by atoms with Gasteiger partial charge in [-0.3, -0.25) is 9.59 Å². The first-order chi connectivity index (χ1) is 14.6. The number of quaternary nitrogens is 2. The van der Waals surface area contributed by atoms with Gasteiger partial charge in [0, 0.05) is 11.3 Å². The molecule has 1 atom stereocenters. The smallest absolute Gasteiger partial charge is 0.279 e. The number of carbonyl (C=O) groups is 2. The highest BCUT2D eigenvalue weighted by molar-refractivity contribution is 5.92. The van der Waals surface area contributed by atoms with Crippen molar-refractivity contribution in [2.75, 3.05) is 44.6 Å². The van der Waals surface area contributed by atoms with E-state index in [4.69, 9.17) is 0 Å². The first-order valence-corrected chi connectivity index (χ1v) is 10.9. The van der Waals surface area contributed by atoms with Crippen molar-refractivity contribution in [3.63, 3.8) is 0 Å². The second-order valence-corrected chi connectivity index (χ2v) is 8.01. The number of nitrogens with zero attached hydrogens (tertiary/aromatic N) is 1. The molecule has 4 N–H and O–H groups in total. The molecular weight excluding hydrogens is 376 g/mol. The van der Waals surface area contributed by atoms with Gasteiger partial charge in [0.05, 0.1) is 26.2 Å². The number of nitrogens with two attached hydrogens (primary N) is 1. The molecule has 0 saturated carbocycles. The molecule has 2 aromatic carbocycles. The lowest BCUT2D eigenvalue weighted by Gasteiger charge is -2.31. The Morgan fingerprint density at radius 2 is 1.73 bits per heavy atom. The minimum absolute atomic E-state index is 0.0377. The summed E-state index contributed by atoms with van der Waals surface area (Å²) in [5.74, 6) is 0.217. The van der Waals surface area contributed by atoms with E-state index in [0.717, 1.165) is 30.8 Å². The third-order valence-electron chi connectivity index (χ3n) is 5.88. The zero-order valence-corrected chi connectivity index (χ0v) is 18.1. The number of benzene rings is 2. The van der Waals surface area contributed by atoms with Gasteiger partial charge in [-0.2, -0.15) is 0 Å². The Bertz CT molecular complexity index is 832. The third-order valence-corrected chi connectivity index (χ3v) is 5.88. The summed E-state index contributed by atoms with van der Waals surface area (Å²) in [6, 6.07) is 18.5. The van der Waals surface area contributed by atoms with E-state index >= 15 is 0 Å². The van der Waals surface area contributed by atoms with Crippen molar-refractivity contribution in [3.8, 4) is 0 Å². The molecule has 0 unspecified atom stereocenters. The number of carbonyl (C=O) groups excluding carboxylic acids is 2. The number of aryl methyl sites for hydroxylation is 1. The maximum Gasteiger partial charge on any atom is 0.279 e. The standard InChI is InChI=1S/C24H32N4O2/c1-3-20-9-7-8-12-22(20)26-23(29)18-27-13-15-28(16-14-27)24(30)17-25-19(2)21-10-5-4-6-11-21/h4-12,19,25H,3,13-18H2,1-2H3,(H,26,29)/p+2/t19-/m0/s1. The maximum atomic E-state index is 12.6. The lowest BCUT2D eigenvalue weighted by atomic mass is 10.1. The number of para-hydroxylation sites is 1.